The van der Waals surface area contributed by atoms with Gasteiger partial charge in [0.05, 0.1) is 6.61 Å². The van der Waals surface area contributed by atoms with Crippen molar-refractivity contribution in [1.29, 1.82) is 0 Å². The van der Waals surface area contributed by atoms with Gasteiger partial charge < -0.3 is 15.2 Å². The minimum absolute atomic E-state index is 0.0283. The number of hydrogen-bond donors (Lipinski definition) is 2. The normalized spacial score (nSPS) is 15.7. The van der Waals surface area contributed by atoms with Crippen molar-refractivity contribution in [2.75, 3.05) is 26.9 Å². The van der Waals surface area contributed by atoms with Crippen molar-refractivity contribution >= 4 is 0 Å². The van der Waals surface area contributed by atoms with Gasteiger partial charge in [-0.2, -0.15) is 0 Å². The fourth-order valence-electron chi connectivity index (χ4n) is 1.50. The van der Waals surface area contributed by atoms with Gasteiger partial charge in [0.25, 0.3) is 0 Å². The van der Waals surface area contributed by atoms with Crippen LogP contribution in [0.1, 0.15) is 33.1 Å². The molecule has 0 rings (SSSR count). The van der Waals surface area contributed by atoms with E-state index in [1.165, 1.54) is 0 Å². The molecule has 80 valence electrons. The first-order chi connectivity index (χ1) is 6.24. The van der Waals surface area contributed by atoms with Gasteiger partial charge in [0.15, 0.2) is 0 Å². The van der Waals surface area contributed by atoms with Gasteiger partial charge in [-0.25, -0.2) is 0 Å². The number of rotatable bonds is 8. The van der Waals surface area contributed by atoms with Crippen LogP contribution in [-0.2, 0) is 4.74 Å². The van der Waals surface area contributed by atoms with E-state index in [0.29, 0.717) is 6.61 Å². The molecule has 0 amide bonds. The zero-order chi connectivity index (χ0) is 10.2. The van der Waals surface area contributed by atoms with Crippen molar-refractivity contribution in [3.05, 3.63) is 0 Å². The number of hydrogen-bond acceptors (Lipinski definition) is 3. The first-order valence-corrected chi connectivity index (χ1v) is 5.09. The van der Waals surface area contributed by atoms with Crippen LogP contribution in [0.2, 0.25) is 0 Å². The summed E-state index contributed by atoms with van der Waals surface area (Å²) in [6, 6.07) is 0. The molecule has 1 unspecified atom stereocenters. The zero-order valence-electron chi connectivity index (χ0n) is 9.10. The van der Waals surface area contributed by atoms with E-state index < -0.39 is 0 Å². The predicted molar refractivity (Wildman–Crippen MR) is 54.9 cm³/mol. The van der Waals surface area contributed by atoms with Crippen molar-refractivity contribution in [2.45, 2.75) is 38.6 Å². The van der Waals surface area contributed by atoms with Crippen LogP contribution in [0.5, 0.6) is 0 Å². The van der Waals surface area contributed by atoms with Gasteiger partial charge in [-0.15, -0.1) is 0 Å². The zero-order valence-corrected chi connectivity index (χ0v) is 9.10. The first-order valence-electron chi connectivity index (χ1n) is 5.09. The van der Waals surface area contributed by atoms with E-state index in [1.54, 1.807) is 7.11 Å². The number of aliphatic hydroxyl groups is 1. The van der Waals surface area contributed by atoms with E-state index in [1.807, 2.05) is 0 Å². The molecule has 0 heterocycles. The molecule has 0 spiro atoms. The molecule has 13 heavy (non-hydrogen) atoms. The summed E-state index contributed by atoms with van der Waals surface area (Å²) in [4.78, 5) is 0. The average Bonchev–Trinajstić information content (AvgIpc) is 2.15. The van der Waals surface area contributed by atoms with E-state index in [2.05, 4.69) is 19.2 Å². The van der Waals surface area contributed by atoms with Crippen LogP contribution in [0, 0.1) is 0 Å². The molecule has 0 aliphatic carbocycles. The molecule has 0 saturated carbocycles. The molecule has 0 fully saturated rings. The Balaban J connectivity index is 4.07. The largest absolute Gasteiger partial charge is 0.396 e. The molecule has 0 bridgehead atoms. The van der Waals surface area contributed by atoms with Crippen molar-refractivity contribution in [1.82, 2.24) is 5.32 Å². The summed E-state index contributed by atoms with van der Waals surface area (Å²) >= 11 is 0. The lowest BCUT2D eigenvalue weighted by Gasteiger charge is -2.32. The summed E-state index contributed by atoms with van der Waals surface area (Å²) in [7, 11) is 1.70. The first kappa shape index (κ1) is 12.9. The van der Waals surface area contributed by atoms with Crippen LogP contribution in [0.25, 0.3) is 0 Å². The Morgan fingerprint density at radius 3 is 2.46 bits per heavy atom. The molecular weight excluding hydrogens is 166 g/mol. The highest BCUT2D eigenvalue weighted by Gasteiger charge is 2.26. The van der Waals surface area contributed by atoms with Crippen LogP contribution in [-0.4, -0.2) is 37.5 Å². The molecule has 3 heteroatoms. The summed E-state index contributed by atoms with van der Waals surface area (Å²) in [6.45, 7) is 6.13. The summed E-state index contributed by atoms with van der Waals surface area (Å²) < 4.78 is 5.17. The molecule has 2 N–H and O–H groups in total. The number of ether oxygens (including phenoxy) is 1. The van der Waals surface area contributed by atoms with Gasteiger partial charge in [0.2, 0.25) is 0 Å². The lowest BCUT2D eigenvalue weighted by atomic mass is 9.93. The van der Waals surface area contributed by atoms with E-state index >= 15 is 0 Å². The van der Waals surface area contributed by atoms with E-state index in [4.69, 9.17) is 9.84 Å². The summed E-state index contributed by atoms with van der Waals surface area (Å²) in [5.41, 5.74) is -0.0283. The summed E-state index contributed by atoms with van der Waals surface area (Å²) in [5.74, 6) is 0. The second-order valence-corrected chi connectivity index (χ2v) is 3.47. The van der Waals surface area contributed by atoms with Crippen molar-refractivity contribution in [3.8, 4) is 0 Å². The molecule has 0 aromatic carbocycles. The van der Waals surface area contributed by atoms with Crippen LogP contribution in [0.4, 0.5) is 0 Å². The highest BCUT2D eigenvalue weighted by molar-refractivity contribution is 4.86. The van der Waals surface area contributed by atoms with Crippen molar-refractivity contribution < 1.29 is 9.84 Å². The minimum atomic E-state index is -0.0283. The predicted octanol–water partition coefficient (Wildman–Crippen LogP) is 1.16. The maximum absolute atomic E-state index is 8.96. The molecule has 0 aliphatic heterocycles. The Hall–Kier alpha value is -0.120. The van der Waals surface area contributed by atoms with Crippen LogP contribution >= 0.6 is 0 Å². The summed E-state index contributed by atoms with van der Waals surface area (Å²) in [6.07, 6.45) is 2.86. The van der Waals surface area contributed by atoms with Gasteiger partial charge in [-0.3, -0.25) is 0 Å². The maximum atomic E-state index is 8.96. The fraction of sp³-hybridized carbons (Fsp3) is 1.00. The van der Waals surface area contributed by atoms with E-state index in [-0.39, 0.29) is 12.1 Å². The monoisotopic (exact) mass is 189 g/mol. The second-order valence-electron chi connectivity index (χ2n) is 3.47. The second kappa shape index (κ2) is 7.30. The van der Waals surface area contributed by atoms with Crippen LogP contribution < -0.4 is 5.32 Å². The van der Waals surface area contributed by atoms with Gasteiger partial charge >= 0.3 is 0 Å². The maximum Gasteiger partial charge on any atom is 0.0645 e. The van der Waals surface area contributed by atoms with Gasteiger partial charge in [-0.05, 0) is 25.8 Å². The van der Waals surface area contributed by atoms with Gasteiger partial charge in [0.1, 0.15) is 0 Å². The van der Waals surface area contributed by atoms with Gasteiger partial charge in [0, 0.05) is 19.3 Å². The third kappa shape index (κ3) is 4.60. The third-order valence-corrected chi connectivity index (χ3v) is 2.44. The van der Waals surface area contributed by atoms with Crippen LogP contribution in [0.15, 0.2) is 0 Å². The summed E-state index contributed by atoms with van der Waals surface area (Å²) in [5, 5.41) is 12.4. The Kier molecular flexibility index (Phi) is 7.23. The Morgan fingerprint density at radius 2 is 2.08 bits per heavy atom. The molecular formula is C10H23NO2. The minimum Gasteiger partial charge on any atom is -0.396 e. The standard InChI is InChI=1S/C10H23NO2/c1-4-7-11-10(5-2,6-8-12)9-13-3/h11-12H,4-9H2,1-3H3. The van der Waals surface area contributed by atoms with Crippen LogP contribution in [0.3, 0.4) is 0 Å². The fourth-order valence-corrected chi connectivity index (χ4v) is 1.50. The number of methoxy groups -OCH3 is 1. The highest BCUT2D eigenvalue weighted by Crippen LogP contribution is 2.15. The van der Waals surface area contributed by atoms with Gasteiger partial charge in [-0.1, -0.05) is 13.8 Å². The molecule has 1 atom stereocenters. The highest BCUT2D eigenvalue weighted by atomic mass is 16.5. The Morgan fingerprint density at radius 1 is 1.38 bits per heavy atom. The molecule has 0 aromatic heterocycles. The average molecular weight is 189 g/mol. The quantitative estimate of drug-likeness (QED) is 0.602. The Labute approximate surface area is 81.5 Å². The molecule has 0 aliphatic rings. The molecule has 0 saturated heterocycles. The third-order valence-electron chi connectivity index (χ3n) is 2.44. The lowest BCUT2D eigenvalue weighted by molar-refractivity contribution is 0.0848. The Bertz CT molecular complexity index is 111. The van der Waals surface area contributed by atoms with E-state index in [0.717, 1.165) is 25.8 Å². The lowest BCUT2D eigenvalue weighted by Crippen LogP contribution is -2.49. The number of aliphatic hydroxyl groups excluding tert-OH is 1. The smallest absolute Gasteiger partial charge is 0.0645 e. The van der Waals surface area contributed by atoms with Crippen molar-refractivity contribution in [2.24, 2.45) is 0 Å². The van der Waals surface area contributed by atoms with Crippen molar-refractivity contribution in [3.63, 3.8) is 0 Å². The SMILES string of the molecule is CCCNC(CC)(CCO)COC. The molecule has 0 radical (unpaired) electrons. The van der Waals surface area contributed by atoms with E-state index in [9.17, 15) is 0 Å². The topological polar surface area (TPSA) is 41.5 Å². The number of nitrogens with one attached hydrogen (secondary N) is 1. The molecule has 3 nitrogen and oxygen atoms in total. The molecule has 0 aromatic rings.